The number of ether oxygens (including phenoxy) is 1. The van der Waals surface area contributed by atoms with E-state index >= 15 is 0 Å². The standard InChI is InChI=1S/C13H16F2N2O4S/c14-12(15)22(19,20)10-3-1-2-9(8-10)17-11(18)13(16)4-6-21-7-5-13/h1-3,8,12H,4-7,16H2,(H,17,18). The lowest BCUT2D eigenvalue weighted by molar-refractivity contribution is -0.124. The molecule has 1 amide bonds. The lowest BCUT2D eigenvalue weighted by atomic mass is 9.90. The Morgan fingerprint density at radius 2 is 1.95 bits per heavy atom. The summed E-state index contributed by atoms with van der Waals surface area (Å²) in [5, 5.41) is 2.47. The van der Waals surface area contributed by atoms with Crippen LogP contribution in [0.3, 0.4) is 0 Å². The van der Waals surface area contributed by atoms with Gasteiger partial charge in [0.15, 0.2) is 0 Å². The highest BCUT2D eigenvalue weighted by atomic mass is 32.2. The maximum Gasteiger partial charge on any atom is 0.341 e. The number of alkyl halides is 2. The second kappa shape index (κ2) is 6.27. The number of amides is 1. The molecule has 0 aromatic heterocycles. The van der Waals surface area contributed by atoms with Gasteiger partial charge in [-0.25, -0.2) is 8.42 Å². The first kappa shape index (κ1) is 16.8. The quantitative estimate of drug-likeness (QED) is 0.860. The number of halogens is 2. The van der Waals surface area contributed by atoms with Crippen LogP contribution < -0.4 is 11.1 Å². The summed E-state index contributed by atoms with van der Waals surface area (Å²) in [5.41, 5.74) is 4.98. The van der Waals surface area contributed by atoms with E-state index < -0.39 is 31.9 Å². The van der Waals surface area contributed by atoms with Crippen LogP contribution in [-0.2, 0) is 19.4 Å². The van der Waals surface area contributed by atoms with E-state index in [0.717, 1.165) is 12.1 Å². The van der Waals surface area contributed by atoms with Crippen LogP contribution >= 0.6 is 0 Å². The third kappa shape index (κ3) is 3.42. The number of anilines is 1. The molecule has 1 fully saturated rings. The predicted molar refractivity (Wildman–Crippen MR) is 75.2 cm³/mol. The maximum absolute atomic E-state index is 12.5. The molecule has 2 rings (SSSR count). The molecule has 1 aliphatic heterocycles. The van der Waals surface area contributed by atoms with Gasteiger partial charge in [-0.1, -0.05) is 6.07 Å². The molecule has 0 spiro atoms. The highest BCUT2D eigenvalue weighted by Gasteiger charge is 2.36. The molecular formula is C13H16F2N2O4S. The van der Waals surface area contributed by atoms with Crippen LogP contribution in [0.5, 0.6) is 0 Å². The van der Waals surface area contributed by atoms with Crippen molar-refractivity contribution >= 4 is 21.4 Å². The highest BCUT2D eigenvalue weighted by molar-refractivity contribution is 7.91. The maximum atomic E-state index is 12.5. The molecule has 0 atom stereocenters. The molecule has 22 heavy (non-hydrogen) atoms. The van der Waals surface area contributed by atoms with Gasteiger partial charge in [0.1, 0.15) is 5.54 Å². The van der Waals surface area contributed by atoms with E-state index in [9.17, 15) is 22.0 Å². The van der Waals surface area contributed by atoms with Gasteiger partial charge in [-0.15, -0.1) is 0 Å². The lowest BCUT2D eigenvalue weighted by Gasteiger charge is -2.31. The van der Waals surface area contributed by atoms with E-state index in [0.29, 0.717) is 26.1 Å². The number of rotatable bonds is 4. The Morgan fingerprint density at radius 1 is 1.32 bits per heavy atom. The van der Waals surface area contributed by atoms with Gasteiger partial charge < -0.3 is 15.8 Å². The van der Waals surface area contributed by atoms with Crippen LogP contribution in [0.1, 0.15) is 12.8 Å². The van der Waals surface area contributed by atoms with E-state index in [1.54, 1.807) is 0 Å². The van der Waals surface area contributed by atoms with Gasteiger partial charge in [0, 0.05) is 18.9 Å². The van der Waals surface area contributed by atoms with Crippen LogP contribution in [0.4, 0.5) is 14.5 Å². The van der Waals surface area contributed by atoms with Crippen molar-refractivity contribution in [3.63, 3.8) is 0 Å². The molecule has 1 aliphatic rings. The third-order valence-corrected chi connectivity index (χ3v) is 4.87. The van der Waals surface area contributed by atoms with Gasteiger partial charge in [0.2, 0.25) is 15.7 Å². The minimum absolute atomic E-state index is 0.100. The highest BCUT2D eigenvalue weighted by Crippen LogP contribution is 2.24. The van der Waals surface area contributed by atoms with Crippen LogP contribution in [-0.4, -0.2) is 38.8 Å². The Labute approximate surface area is 126 Å². The number of benzene rings is 1. The molecule has 0 bridgehead atoms. The van der Waals surface area contributed by atoms with Crippen molar-refractivity contribution in [3.8, 4) is 0 Å². The number of carbonyl (C=O) groups is 1. The first-order valence-corrected chi connectivity index (χ1v) is 8.10. The monoisotopic (exact) mass is 334 g/mol. The minimum atomic E-state index is -4.71. The largest absolute Gasteiger partial charge is 0.381 e. The molecule has 0 radical (unpaired) electrons. The average molecular weight is 334 g/mol. The van der Waals surface area contributed by atoms with Crippen molar-refractivity contribution in [2.24, 2.45) is 5.73 Å². The summed E-state index contributed by atoms with van der Waals surface area (Å²) >= 11 is 0. The van der Waals surface area contributed by atoms with E-state index in [1.807, 2.05) is 0 Å². The summed E-state index contributed by atoms with van der Waals surface area (Å²) in [7, 11) is -4.71. The molecule has 1 aromatic rings. The van der Waals surface area contributed by atoms with Crippen molar-refractivity contribution in [3.05, 3.63) is 24.3 Å². The number of sulfone groups is 1. The van der Waals surface area contributed by atoms with Crippen molar-refractivity contribution in [2.45, 2.75) is 29.0 Å². The van der Waals surface area contributed by atoms with Gasteiger partial charge in [-0.3, -0.25) is 4.79 Å². The predicted octanol–water partition coefficient (Wildman–Crippen LogP) is 1.13. The fourth-order valence-corrected chi connectivity index (χ4v) is 2.84. The van der Waals surface area contributed by atoms with Gasteiger partial charge >= 0.3 is 5.76 Å². The molecule has 1 aromatic carbocycles. The molecule has 0 saturated carbocycles. The van der Waals surface area contributed by atoms with E-state index in [1.165, 1.54) is 12.1 Å². The van der Waals surface area contributed by atoms with Gasteiger partial charge in [-0.05, 0) is 31.0 Å². The number of nitrogens with two attached hydrogens (primary N) is 1. The van der Waals surface area contributed by atoms with Crippen LogP contribution in [0.15, 0.2) is 29.2 Å². The molecule has 6 nitrogen and oxygen atoms in total. The van der Waals surface area contributed by atoms with Crippen molar-refractivity contribution in [1.29, 1.82) is 0 Å². The minimum Gasteiger partial charge on any atom is -0.381 e. The van der Waals surface area contributed by atoms with E-state index in [2.05, 4.69) is 5.32 Å². The number of carbonyl (C=O) groups excluding carboxylic acids is 1. The zero-order valence-corrected chi connectivity index (χ0v) is 12.4. The Balaban J connectivity index is 2.19. The molecule has 122 valence electrons. The summed E-state index contributed by atoms with van der Waals surface area (Å²) in [5.74, 6) is -4.02. The van der Waals surface area contributed by atoms with Gasteiger partial charge in [0.25, 0.3) is 0 Å². The van der Waals surface area contributed by atoms with Crippen molar-refractivity contribution in [1.82, 2.24) is 0 Å². The lowest BCUT2D eigenvalue weighted by Crippen LogP contribution is -2.54. The Hall–Kier alpha value is -1.58. The van der Waals surface area contributed by atoms with E-state index in [4.69, 9.17) is 10.5 Å². The zero-order valence-electron chi connectivity index (χ0n) is 11.6. The summed E-state index contributed by atoms with van der Waals surface area (Å²) < 4.78 is 53.1. The first-order chi connectivity index (χ1) is 10.3. The first-order valence-electron chi connectivity index (χ1n) is 6.56. The molecule has 1 heterocycles. The second-order valence-electron chi connectivity index (χ2n) is 5.06. The zero-order chi connectivity index (χ0) is 16.4. The molecule has 0 unspecified atom stereocenters. The van der Waals surface area contributed by atoms with Crippen LogP contribution in [0.25, 0.3) is 0 Å². The normalized spacial score (nSPS) is 18.2. The van der Waals surface area contributed by atoms with Crippen molar-refractivity contribution in [2.75, 3.05) is 18.5 Å². The Bertz CT molecular complexity index is 658. The summed E-state index contributed by atoms with van der Waals surface area (Å²) in [4.78, 5) is 11.6. The fourth-order valence-electron chi connectivity index (χ4n) is 2.07. The average Bonchev–Trinajstić information content (AvgIpc) is 2.48. The summed E-state index contributed by atoms with van der Waals surface area (Å²) in [6, 6.07) is 4.72. The SMILES string of the molecule is NC1(C(=O)Nc2cccc(S(=O)(=O)C(F)F)c2)CCOCC1. The number of hydrogen-bond acceptors (Lipinski definition) is 5. The summed E-state index contributed by atoms with van der Waals surface area (Å²) in [6.45, 7) is 0.702. The molecule has 0 aliphatic carbocycles. The fraction of sp³-hybridized carbons (Fsp3) is 0.462. The Kier molecular flexibility index (Phi) is 4.78. The smallest absolute Gasteiger partial charge is 0.341 e. The van der Waals surface area contributed by atoms with Crippen LogP contribution in [0.2, 0.25) is 0 Å². The molecule has 1 saturated heterocycles. The molecule has 3 N–H and O–H groups in total. The molecule has 9 heteroatoms. The van der Waals surface area contributed by atoms with Crippen molar-refractivity contribution < 1.29 is 26.7 Å². The topological polar surface area (TPSA) is 98.5 Å². The van der Waals surface area contributed by atoms with Crippen LogP contribution in [0, 0.1) is 0 Å². The third-order valence-electron chi connectivity index (χ3n) is 3.49. The number of hydrogen-bond donors (Lipinski definition) is 2. The van der Waals surface area contributed by atoms with Gasteiger partial charge in [0.05, 0.1) is 4.90 Å². The second-order valence-corrected chi connectivity index (χ2v) is 6.97. The number of nitrogens with one attached hydrogen (secondary N) is 1. The van der Waals surface area contributed by atoms with E-state index in [-0.39, 0.29) is 5.69 Å². The molecular weight excluding hydrogens is 318 g/mol. The Morgan fingerprint density at radius 3 is 2.55 bits per heavy atom. The van der Waals surface area contributed by atoms with Gasteiger partial charge in [-0.2, -0.15) is 8.78 Å². The summed E-state index contributed by atoms with van der Waals surface area (Å²) in [6.07, 6.45) is 0.654.